The fourth-order valence-corrected chi connectivity index (χ4v) is 2.61. The second-order valence-electron chi connectivity index (χ2n) is 3.67. The first-order chi connectivity index (χ1) is 8.74. The summed E-state index contributed by atoms with van der Waals surface area (Å²) in [7, 11) is 0. The maximum atomic E-state index is 11.9. The molecule has 0 aliphatic heterocycles. The first-order valence-electron chi connectivity index (χ1n) is 5.72. The molecule has 0 spiro atoms. The van der Waals surface area contributed by atoms with Crippen molar-refractivity contribution in [1.29, 1.82) is 0 Å². The van der Waals surface area contributed by atoms with Crippen LogP contribution in [0.25, 0.3) is 10.1 Å². The van der Waals surface area contributed by atoms with Crippen LogP contribution in [-0.2, 0) is 4.74 Å². The first-order valence-corrected chi connectivity index (χ1v) is 6.53. The summed E-state index contributed by atoms with van der Waals surface area (Å²) < 4.78 is 6.08. The number of ether oxygens (including phenoxy) is 1. The van der Waals surface area contributed by atoms with E-state index >= 15 is 0 Å². The lowest BCUT2D eigenvalue weighted by atomic mass is 10.2. The largest absolute Gasteiger partial charge is 0.397 e. The van der Waals surface area contributed by atoms with E-state index in [0.717, 1.165) is 10.1 Å². The number of amides is 1. The van der Waals surface area contributed by atoms with Crippen LogP contribution >= 0.6 is 11.3 Å². The van der Waals surface area contributed by atoms with E-state index in [2.05, 4.69) is 10.3 Å². The van der Waals surface area contributed by atoms with Crippen LogP contribution in [0, 0.1) is 0 Å². The zero-order valence-electron chi connectivity index (χ0n) is 10.1. The fraction of sp³-hybridized carbons (Fsp3) is 0.333. The van der Waals surface area contributed by atoms with Gasteiger partial charge in [0, 0.05) is 30.9 Å². The van der Waals surface area contributed by atoms with Crippen LogP contribution in [0.15, 0.2) is 18.5 Å². The lowest BCUT2D eigenvalue weighted by Gasteiger charge is -2.04. The molecule has 2 aromatic rings. The molecule has 0 unspecified atom stereocenters. The van der Waals surface area contributed by atoms with E-state index < -0.39 is 0 Å². The number of nitrogens with one attached hydrogen (secondary N) is 1. The molecule has 2 aromatic heterocycles. The Kier molecular flexibility index (Phi) is 4.11. The summed E-state index contributed by atoms with van der Waals surface area (Å²) in [5, 5.41) is 3.66. The Morgan fingerprint density at radius 2 is 2.44 bits per heavy atom. The zero-order chi connectivity index (χ0) is 13.0. The van der Waals surface area contributed by atoms with Crippen molar-refractivity contribution in [2.24, 2.45) is 0 Å². The van der Waals surface area contributed by atoms with E-state index in [4.69, 9.17) is 10.5 Å². The third kappa shape index (κ3) is 2.60. The van der Waals surface area contributed by atoms with Gasteiger partial charge in [0.2, 0.25) is 0 Å². The molecule has 0 saturated carbocycles. The van der Waals surface area contributed by atoms with Crippen LogP contribution in [0.5, 0.6) is 0 Å². The Hall–Kier alpha value is -1.66. The molecule has 0 fully saturated rings. The number of nitrogens with zero attached hydrogens (tertiary/aromatic N) is 1. The highest BCUT2D eigenvalue weighted by Gasteiger charge is 2.15. The minimum absolute atomic E-state index is 0.159. The number of fused-ring (bicyclic) bond motifs is 1. The average molecular weight is 265 g/mol. The van der Waals surface area contributed by atoms with Crippen molar-refractivity contribution in [1.82, 2.24) is 10.3 Å². The molecule has 0 saturated heterocycles. The van der Waals surface area contributed by atoms with E-state index in [-0.39, 0.29) is 5.91 Å². The standard InChI is InChI=1S/C12H15N3O2S/c1-2-17-6-5-15-12(16)11-10(13)8-3-4-14-7-9(8)18-11/h3-4,7H,2,5-6,13H2,1H3,(H,15,16). The SMILES string of the molecule is CCOCCNC(=O)c1sc2cnccc2c1N. The van der Waals surface area contributed by atoms with Crippen LogP contribution in [0.4, 0.5) is 5.69 Å². The summed E-state index contributed by atoms with van der Waals surface area (Å²) in [5.41, 5.74) is 6.48. The molecule has 3 N–H and O–H groups in total. The molecular formula is C12H15N3O2S. The number of nitrogen functional groups attached to an aromatic ring is 1. The molecule has 1 amide bonds. The van der Waals surface area contributed by atoms with Gasteiger partial charge in [0.25, 0.3) is 5.91 Å². The molecule has 0 radical (unpaired) electrons. The molecule has 0 aliphatic rings. The van der Waals surface area contributed by atoms with Crippen molar-refractivity contribution in [3.05, 3.63) is 23.3 Å². The normalized spacial score (nSPS) is 10.7. The third-order valence-corrected chi connectivity index (χ3v) is 3.63. The van der Waals surface area contributed by atoms with Crippen LogP contribution in [0.2, 0.25) is 0 Å². The molecule has 96 valence electrons. The minimum Gasteiger partial charge on any atom is -0.397 e. The van der Waals surface area contributed by atoms with Gasteiger partial charge >= 0.3 is 0 Å². The summed E-state index contributed by atoms with van der Waals surface area (Å²) in [6.45, 7) is 3.55. The van der Waals surface area contributed by atoms with Crippen molar-refractivity contribution in [3.8, 4) is 0 Å². The molecule has 2 heterocycles. The number of aromatic nitrogens is 1. The van der Waals surface area contributed by atoms with Gasteiger partial charge in [-0.05, 0) is 13.0 Å². The van der Waals surface area contributed by atoms with Crippen molar-refractivity contribution >= 4 is 33.0 Å². The van der Waals surface area contributed by atoms with Gasteiger partial charge in [-0.1, -0.05) is 0 Å². The van der Waals surface area contributed by atoms with Gasteiger partial charge in [-0.25, -0.2) is 0 Å². The van der Waals surface area contributed by atoms with Crippen molar-refractivity contribution < 1.29 is 9.53 Å². The number of carbonyl (C=O) groups excluding carboxylic acids is 1. The molecule has 18 heavy (non-hydrogen) atoms. The smallest absolute Gasteiger partial charge is 0.263 e. The number of hydrogen-bond donors (Lipinski definition) is 2. The summed E-state index contributed by atoms with van der Waals surface area (Å²) in [4.78, 5) is 16.5. The van der Waals surface area contributed by atoms with E-state index in [1.807, 2.05) is 13.0 Å². The van der Waals surface area contributed by atoms with E-state index in [1.54, 1.807) is 12.4 Å². The topological polar surface area (TPSA) is 77.2 Å². The number of thiophene rings is 1. The monoisotopic (exact) mass is 265 g/mol. The van der Waals surface area contributed by atoms with Gasteiger partial charge in [-0.15, -0.1) is 11.3 Å². The number of pyridine rings is 1. The van der Waals surface area contributed by atoms with Crippen LogP contribution in [0.1, 0.15) is 16.6 Å². The van der Waals surface area contributed by atoms with Gasteiger partial charge in [0.05, 0.1) is 17.0 Å². The predicted octanol–water partition coefficient (Wildman–Crippen LogP) is 1.64. The van der Waals surface area contributed by atoms with Gasteiger partial charge in [-0.2, -0.15) is 0 Å². The lowest BCUT2D eigenvalue weighted by molar-refractivity contribution is 0.0927. The number of rotatable bonds is 5. The molecule has 5 nitrogen and oxygen atoms in total. The summed E-state index contributed by atoms with van der Waals surface area (Å²) >= 11 is 1.36. The first kappa shape index (κ1) is 12.8. The fourth-order valence-electron chi connectivity index (χ4n) is 1.60. The van der Waals surface area contributed by atoms with Crippen molar-refractivity contribution in [3.63, 3.8) is 0 Å². The van der Waals surface area contributed by atoms with Crippen LogP contribution in [-0.4, -0.2) is 30.6 Å². The molecule has 0 atom stereocenters. The molecule has 0 aromatic carbocycles. The summed E-state index contributed by atoms with van der Waals surface area (Å²) in [6, 6.07) is 1.82. The predicted molar refractivity (Wildman–Crippen MR) is 72.9 cm³/mol. The molecule has 6 heteroatoms. The second-order valence-corrected chi connectivity index (χ2v) is 4.72. The Morgan fingerprint density at radius 3 is 3.17 bits per heavy atom. The van der Waals surface area contributed by atoms with E-state index in [9.17, 15) is 4.79 Å². The third-order valence-electron chi connectivity index (χ3n) is 2.47. The van der Waals surface area contributed by atoms with Gasteiger partial charge in [0.15, 0.2) is 0 Å². The lowest BCUT2D eigenvalue weighted by Crippen LogP contribution is -2.27. The highest BCUT2D eigenvalue weighted by molar-refractivity contribution is 7.21. The quantitative estimate of drug-likeness (QED) is 0.806. The number of hydrogen-bond acceptors (Lipinski definition) is 5. The minimum atomic E-state index is -0.159. The Labute approximate surface area is 109 Å². The number of carbonyl (C=O) groups is 1. The number of nitrogens with two attached hydrogens (primary N) is 1. The summed E-state index contributed by atoms with van der Waals surface area (Å²) in [6.07, 6.45) is 3.38. The van der Waals surface area contributed by atoms with Gasteiger partial charge < -0.3 is 15.8 Å². The molecule has 0 bridgehead atoms. The van der Waals surface area contributed by atoms with Crippen molar-refractivity contribution in [2.45, 2.75) is 6.92 Å². The maximum absolute atomic E-state index is 11.9. The number of anilines is 1. The zero-order valence-corrected chi connectivity index (χ0v) is 10.9. The maximum Gasteiger partial charge on any atom is 0.263 e. The van der Waals surface area contributed by atoms with Gasteiger partial charge in [-0.3, -0.25) is 9.78 Å². The van der Waals surface area contributed by atoms with E-state index in [1.165, 1.54) is 11.3 Å². The molecule has 2 rings (SSSR count). The Morgan fingerprint density at radius 1 is 1.61 bits per heavy atom. The van der Waals surface area contributed by atoms with Gasteiger partial charge in [0.1, 0.15) is 4.88 Å². The second kappa shape index (κ2) is 5.79. The molecule has 0 aliphatic carbocycles. The Balaban J connectivity index is 2.10. The van der Waals surface area contributed by atoms with Crippen molar-refractivity contribution in [2.75, 3.05) is 25.5 Å². The summed E-state index contributed by atoms with van der Waals surface area (Å²) in [5.74, 6) is -0.159. The van der Waals surface area contributed by atoms with E-state index in [0.29, 0.717) is 30.3 Å². The Bertz CT molecular complexity index is 553. The molecular weight excluding hydrogens is 250 g/mol. The average Bonchev–Trinajstić information content (AvgIpc) is 2.73. The van der Waals surface area contributed by atoms with Crippen LogP contribution in [0.3, 0.4) is 0 Å². The highest BCUT2D eigenvalue weighted by atomic mass is 32.1. The highest BCUT2D eigenvalue weighted by Crippen LogP contribution is 2.32. The van der Waals surface area contributed by atoms with Crippen LogP contribution < -0.4 is 11.1 Å².